The minimum atomic E-state index is -1.13. The molecular weight excluding hydrogens is 220 g/mol. The van der Waals surface area contributed by atoms with Crippen LogP contribution in [0.25, 0.3) is 0 Å². The summed E-state index contributed by atoms with van der Waals surface area (Å²) in [5.74, 6) is -0.297. The summed E-state index contributed by atoms with van der Waals surface area (Å²) in [6.07, 6.45) is 0. The van der Waals surface area contributed by atoms with Gasteiger partial charge in [-0.3, -0.25) is 4.79 Å². The third-order valence-electron chi connectivity index (χ3n) is 2.95. The first kappa shape index (κ1) is 11.8. The van der Waals surface area contributed by atoms with Crippen LogP contribution in [-0.2, 0) is 9.53 Å². The molecule has 4 nitrogen and oxygen atoms in total. The van der Waals surface area contributed by atoms with Crippen LogP contribution in [0.4, 0.5) is 0 Å². The van der Waals surface area contributed by atoms with Gasteiger partial charge in [0.1, 0.15) is 0 Å². The standard InChI is InChI=1S/C13H16O4/c1-9(14)15-13(4)12(2,3)16-10-7-5-6-8-11(10)17-13/h5-8H,1-4H3/t13-/m1/s1. The van der Waals surface area contributed by atoms with Gasteiger partial charge in [-0.1, -0.05) is 12.1 Å². The van der Waals surface area contributed by atoms with Crippen LogP contribution in [0.5, 0.6) is 11.5 Å². The van der Waals surface area contributed by atoms with Crippen LogP contribution >= 0.6 is 0 Å². The average molecular weight is 236 g/mol. The Balaban J connectivity index is 2.40. The van der Waals surface area contributed by atoms with Crippen LogP contribution in [0.2, 0.25) is 0 Å². The zero-order chi connectivity index (χ0) is 12.7. The quantitative estimate of drug-likeness (QED) is 0.703. The minimum absolute atomic E-state index is 0.399. The molecule has 1 aliphatic rings. The van der Waals surface area contributed by atoms with Gasteiger partial charge in [-0.2, -0.15) is 0 Å². The Bertz CT molecular complexity index is 452. The van der Waals surface area contributed by atoms with Crippen molar-refractivity contribution in [1.82, 2.24) is 0 Å². The summed E-state index contributed by atoms with van der Waals surface area (Å²) in [6, 6.07) is 7.32. The normalized spacial score (nSPS) is 25.2. The number of esters is 1. The maximum atomic E-state index is 11.2. The molecule has 1 atom stereocenters. The van der Waals surface area contributed by atoms with Crippen molar-refractivity contribution < 1.29 is 19.0 Å². The van der Waals surface area contributed by atoms with Gasteiger partial charge in [0.2, 0.25) is 0 Å². The molecule has 0 bridgehead atoms. The zero-order valence-electron chi connectivity index (χ0n) is 10.4. The summed E-state index contributed by atoms with van der Waals surface area (Å²) in [5.41, 5.74) is -0.757. The number of carbonyl (C=O) groups excluding carboxylic acids is 1. The summed E-state index contributed by atoms with van der Waals surface area (Å²) in [5, 5.41) is 0. The molecule has 0 radical (unpaired) electrons. The lowest BCUT2D eigenvalue weighted by Crippen LogP contribution is -2.60. The molecule has 92 valence electrons. The average Bonchev–Trinajstić information content (AvgIpc) is 2.17. The van der Waals surface area contributed by atoms with E-state index in [0.717, 1.165) is 0 Å². The van der Waals surface area contributed by atoms with Crippen molar-refractivity contribution in [1.29, 1.82) is 0 Å². The fourth-order valence-corrected chi connectivity index (χ4v) is 1.74. The lowest BCUT2D eigenvalue weighted by molar-refractivity contribution is -0.255. The summed E-state index contributed by atoms with van der Waals surface area (Å²) >= 11 is 0. The van der Waals surface area contributed by atoms with Crippen LogP contribution in [0.15, 0.2) is 24.3 Å². The highest BCUT2D eigenvalue weighted by Gasteiger charge is 2.52. The Hall–Kier alpha value is -1.71. The molecule has 1 aromatic rings. The van der Waals surface area contributed by atoms with Gasteiger partial charge < -0.3 is 14.2 Å². The van der Waals surface area contributed by atoms with E-state index in [-0.39, 0.29) is 0 Å². The van der Waals surface area contributed by atoms with Crippen LogP contribution in [0.3, 0.4) is 0 Å². The number of para-hydroxylation sites is 2. The Morgan fingerprint density at radius 2 is 1.65 bits per heavy atom. The highest BCUT2D eigenvalue weighted by Crippen LogP contribution is 2.43. The van der Waals surface area contributed by atoms with E-state index in [2.05, 4.69) is 0 Å². The number of hydrogen-bond donors (Lipinski definition) is 0. The Labute approximate surface area is 100 Å². The van der Waals surface area contributed by atoms with E-state index in [1.165, 1.54) is 6.92 Å². The molecule has 1 heterocycles. The first-order valence-corrected chi connectivity index (χ1v) is 5.51. The van der Waals surface area contributed by atoms with E-state index in [0.29, 0.717) is 11.5 Å². The third-order valence-corrected chi connectivity index (χ3v) is 2.95. The van der Waals surface area contributed by atoms with Gasteiger partial charge in [-0.05, 0) is 26.0 Å². The molecule has 0 saturated carbocycles. The molecular formula is C13H16O4. The van der Waals surface area contributed by atoms with E-state index >= 15 is 0 Å². The highest BCUT2D eigenvalue weighted by molar-refractivity contribution is 5.66. The Kier molecular flexibility index (Phi) is 2.53. The summed E-state index contributed by atoms with van der Waals surface area (Å²) < 4.78 is 16.9. The minimum Gasteiger partial charge on any atom is -0.476 e. The fraction of sp³-hybridized carbons (Fsp3) is 0.462. The molecule has 0 N–H and O–H groups in total. The summed E-state index contributed by atoms with van der Waals surface area (Å²) in [4.78, 5) is 11.2. The van der Waals surface area contributed by atoms with Gasteiger partial charge in [0, 0.05) is 13.8 Å². The molecule has 0 aromatic heterocycles. The van der Waals surface area contributed by atoms with Gasteiger partial charge in [-0.15, -0.1) is 0 Å². The van der Waals surface area contributed by atoms with E-state index < -0.39 is 17.4 Å². The van der Waals surface area contributed by atoms with Crippen molar-refractivity contribution in [2.75, 3.05) is 0 Å². The van der Waals surface area contributed by atoms with Crippen LogP contribution in [0.1, 0.15) is 27.7 Å². The lowest BCUT2D eigenvalue weighted by Gasteiger charge is -2.45. The number of carbonyl (C=O) groups is 1. The molecule has 0 fully saturated rings. The second-order valence-corrected chi connectivity index (χ2v) is 4.70. The highest BCUT2D eigenvalue weighted by atomic mass is 16.8. The molecule has 1 aromatic carbocycles. The maximum absolute atomic E-state index is 11.2. The van der Waals surface area contributed by atoms with Crippen molar-refractivity contribution >= 4 is 5.97 Å². The van der Waals surface area contributed by atoms with Gasteiger partial charge in [-0.25, -0.2) is 0 Å². The second-order valence-electron chi connectivity index (χ2n) is 4.70. The first-order chi connectivity index (χ1) is 7.84. The molecule has 2 rings (SSSR count). The Morgan fingerprint density at radius 1 is 1.12 bits per heavy atom. The van der Waals surface area contributed by atoms with Gasteiger partial charge in [0.05, 0.1) is 0 Å². The van der Waals surface area contributed by atoms with E-state index in [1.807, 2.05) is 32.0 Å². The maximum Gasteiger partial charge on any atom is 0.306 e. The third kappa shape index (κ3) is 1.95. The molecule has 4 heteroatoms. The van der Waals surface area contributed by atoms with Crippen molar-refractivity contribution in [2.24, 2.45) is 0 Å². The van der Waals surface area contributed by atoms with Crippen LogP contribution in [0, 0.1) is 0 Å². The SMILES string of the molecule is CC(=O)O[C@]1(C)Oc2ccccc2OC1(C)C. The molecule has 0 saturated heterocycles. The van der Waals surface area contributed by atoms with Gasteiger partial charge in [0.25, 0.3) is 5.79 Å². The molecule has 17 heavy (non-hydrogen) atoms. The Morgan fingerprint density at radius 3 is 2.18 bits per heavy atom. The number of ether oxygens (including phenoxy) is 3. The topological polar surface area (TPSA) is 44.8 Å². The van der Waals surface area contributed by atoms with E-state index in [4.69, 9.17) is 14.2 Å². The van der Waals surface area contributed by atoms with Gasteiger partial charge >= 0.3 is 5.97 Å². The molecule has 0 aliphatic carbocycles. The van der Waals surface area contributed by atoms with E-state index in [1.54, 1.807) is 13.0 Å². The predicted molar refractivity (Wildman–Crippen MR) is 61.9 cm³/mol. The van der Waals surface area contributed by atoms with Crippen molar-refractivity contribution in [3.8, 4) is 11.5 Å². The zero-order valence-corrected chi connectivity index (χ0v) is 10.4. The summed E-state index contributed by atoms with van der Waals surface area (Å²) in [6.45, 7) is 6.70. The molecule has 0 spiro atoms. The number of rotatable bonds is 1. The van der Waals surface area contributed by atoms with Crippen molar-refractivity contribution in [3.05, 3.63) is 24.3 Å². The molecule has 0 unspecified atom stereocenters. The van der Waals surface area contributed by atoms with Gasteiger partial charge in [0.15, 0.2) is 17.1 Å². The van der Waals surface area contributed by atoms with E-state index in [9.17, 15) is 4.79 Å². The molecule has 1 aliphatic heterocycles. The predicted octanol–water partition coefficient (Wildman–Crippen LogP) is 2.52. The van der Waals surface area contributed by atoms with Crippen molar-refractivity contribution in [2.45, 2.75) is 39.1 Å². The fourth-order valence-electron chi connectivity index (χ4n) is 1.74. The molecule has 0 amide bonds. The lowest BCUT2D eigenvalue weighted by atomic mass is 9.97. The summed E-state index contributed by atoms with van der Waals surface area (Å²) in [7, 11) is 0. The first-order valence-electron chi connectivity index (χ1n) is 5.51. The van der Waals surface area contributed by atoms with Crippen LogP contribution in [-0.4, -0.2) is 17.4 Å². The smallest absolute Gasteiger partial charge is 0.306 e. The number of fused-ring (bicyclic) bond motifs is 1. The second kappa shape index (κ2) is 3.65. The van der Waals surface area contributed by atoms with Crippen molar-refractivity contribution in [3.63, 3.8) is 0 Å². The largest absolute Gasteiger partial charge is 0.476 e. The monoisotopic (exact) mass is 236 g/mol. The van der Waals surface area contributed by atoms with Crippen LogP contribution < -0.4 is 9.47 Å². The number of hydrogen-bond acceptors (Lipinski definition) is 4. The number of benzene rings is 1.